The molecule has 2 atom stereocenters. The van der Waals surface area contributed by atoms with Gasteiger partial charge in [-0.25, -0.2) is 0 Å². The molecule has 2 unspecified atom stereocenters. The highest BCUT2D eigenvalue weighted by Crippen LogP contribution is 2.33. The third-order valence-corrected chi connectivity index (χ3v) is 6.23. The lowest BCUT2D eigenvalue weighted by Crippen LogP contribution is -2.52. The van der Waals surface area contributed by atoms with Crippen molar-refractivity contribution in [3.63, 3.8) is 0 Å². The molecule has 25 heavy (non-hydrogen) atoms. The van der Waals surface area contributed by atoms with Crippen LogP contribution in [0.1, 0.15) is 46.0 Å². The average Bonchev–Trinajstić information content (AvgIpc) is 2.95. The van der Waals surface area contributed by atoms with Crippen molar-refractivity contribution >= 4 is 11.8 Å². The van der Waals surface area contributed by atoms with E-state index in [9.17, 15) is 9.59 Å². The number of amides is 2. The number of piperazine rings is 1. The van der Waals surface area contributed by atoms with E-state index in [4.69, 9.17) is 0 Å². The SMILES string of the molecule is CCN(CC)C(=O)CN1CCN(C(=O)CC2CC3CCC(C2)N3)CC1. The average molecular weight is 351 g/mol. The number of piperidine rings is 1. The monoisotopic (exact) mass is 350 g/mol. The molecular weight excluding hydrogens is 316 g/mol. The van der Waals surface area contributed by atoms with E-state index in [0.717, 1.165) is 39.3 Å². The molecule has 0 aromatic heterocycles. The van der Waals surface area contributed by atoms with Crippen molar-refractivity contribution in [2.45, 2.75) is 58.0 Å². The van der Waals surface area contributed by atoms with Gasteiger partial charge in [-0.2, -0.15) is 0 Å². The van der Waals surface area contributed by atoms with Gasteiger partial charge in [-0.05, 0) is 45.4 Å². The fraction of sp³-hybridized carbons (Fsp3) is 0.895. The molecule has 3 rings (SSSR count). The zero-order chi connectivity index (χ0) is 17.8. The van der Waals surface area contributed by atoms with E-state index < -0.39 is 0 Å². The summed E-state index contributed by atoms with van der Waals surface area (Å²) in [5.41, 5.74) is 0. The van der Waals surface area contributed by atoms with Gasteiger partial charge in [0.1, 0.15) is 0 Å². The fourth-order valence-electron chi connectivity index (χ4n) is 4.74. The second-order valence-corrected chi connectivity index (χ2v) is 7.90. The Labute approximate surface area is 151 Å². The van der Waals surface area contributed by atoms with Crippen LogP contribution >= 0.6 is 0 Å². The molecule has 0 saturated carbocycles. The molecule has 3 aliphatic rings. The van der Waals surface area contributed by atoms with E-state index in [-0.39, 0.29) is 5.91 Å². The number of likely N-dealkylation sites (N-methyl/N-ethyl adjacent to an activating group) is 1. The summed E-state index contributed by atoms with van der Waals surface area (Å²) in [6, 6.07) is 1.30. The second kappa shape index (κ2) is 8.49. The molecule has 3 fully saturated rings. The Balaban J connectivity index is 1.39. The lowest BCUT2D eigenvalue weighted by molar-refractivity contribution is -0.135. The minimum absolute atomic E-state index is 0.204. The summed E-state index contributed by atoms with van der Waals surface area (Å²) in [5.74, 6) is 1.09. The molecule has 3 saturated heterocycles. The molecule has 6 nitrogen and oxygen atoms in total. The zero-order valence-corrected chi connectivity index (χ0v) is 15.9. The number of fused-ring (bicyclic) bond motifs is 2. The van der Waals surface area contributed by atoms with Gasteiger partial charge in [0.25, 0.3) is 0 Å². The minimum atomic E-state index is 0.204. The first kappa shape index (κ1) is 18.6. The maximum Gasteiger partial charge on any atom is 0.236 e. The number of nitrogens with zero attached hydrogens (tertiary/aromatic N) is 3. The maximum absolute atomic E-state index is 12.6. The van der Waals surface area contributed by atoms with Crippen molar-refractivity contribution in [3.05, 3.63) is 0 Å². The number of carbonyl (C=O) groups is 2. The summed E-state index contributed by atoms with van der Waals surface area (Å²) in [4.78, 5) is 30.9. The normalized spacial score (nSPS) is 29.7. The minimum Gasteiger partial charge on any atom is -0.342 e. The Morgan fingerprint density at radius 2 is 1.60 bits per heavy atom. The molecule has 0 aromatic carbocycles. The summed E-state index contributed by atoms with van der Waals surface area (Å²) in [5, 5.41) is 3.65. The molecule has 1 N–H and O–H groups in total. The first-order valence-corrected chi connectivity index (χ1v) is 10.1. The summed E-state index contributed by atoms with van der Waals surface area (Å²) in [6.07, 6.45) is 5.62. The van der Waals surface area contributed by atoms with E-state index in [1.807, 2.05) is 23.6 Å². The fourth-order valence-corrected chi connectivity index (χ4v) is 4.74. The van der Waals surface area contributed by atoms with Crippen LogP contribution in [0.3, 0.4) is 0 Å². The van der Waals surface area contributed by atoms with Crippen molar-refractivity contribution in [1.29, 1.82) is 0 Å². The van der Waals surface area contributed by atoms with E-state index in [1.54, 1.807) is 0 Å². The predicted octanol–water partition coefficient (Wildman–Crippen LogP) is 0.920. The highest BCUT2D eigenvalue weighted by Gasteiger charge is 2.35. The van der Waals surface area contributed by atoms with Gasteiger partial charge in [-0.15, -0.1) is 0 Å². The van der Waals surface area contributed by atoms with E-state index in [1.165, 1.54) is 25.7 Å². The van der Waals surface area contributed by atoms with Crippen LogP contribution in [-0.2, 0) is 9.59 Å². The van der Waals surface area contributed by atoms with Gasteiger partial charge in [0.05, 0.1) is 6.54 Å². The first-order chi connectivity index (χ1) is 12.1. The van der Waals surface area contributed by atoms with Crippen LogP contribution < -0.4 is 5.32 Å². The van der Waals surface area contributed by atoms with Gasteiger partial charge in [-0.1, -0.05) is 0 Å². The van der Waals surface area contributed by atoms with Crippen molar-refractivity contribution in [1.82, 2.24) is 20.0 Å². The largest absolute Gasteiger partial charge is 0.342 e. The van der Waals surface area contributed by atoms with Crippen LogP contribution in [0, 0.1) is 5.92 Å². The zero-order valence-electron chi connectivity index (χ0n) is 15.9. The van der Waals surface area contributed by atoms with E-state index in [2.05, 4.69) is 10.2 Å². The van der Waals surface area contributed by atoms with Gasteiger partial charge in [-0.3, -0.25) is 14.5 Å². The highest BCUT2D eigenvalue weighted by atomic mass is 16.2. The van der Waals surface area contributed by atoms with Crippen molar-refractivity contribution in [2.75, 3.05) is 45.8 Å². The molecule has 2 amide bonds. The van der Waals surface area contributed by atoms with Crippen LogP contribution in [0.2, 0.25) is 0 Å². The number of nitrogens with one attached hydrogen (secondary N) is 1. The first-order valence-electron chi connectivity index (χ1n) is 10.1. The quantitative estimate of drug-likeness (QED) is 0.774. The van der Waals surface area contributed by atoms with Gasteiger partial charge in [0, 0.05) is 57.8 Å². The summed E-state index contributed by atoms with van der Waals surface area (Å²) < 4.78 is 0. The Hall–Kier alpha value is -1.14. The number of hydrogen-bond acceptors (Lipinski definition) is 4. The number of rotatable bonds is 6. The Kier molecular flexibility index (Phi) is 6.34. The van der Waals surface area contributed by atoms with Crippen LogP contribution in [0.15, 0.2) is 0 Å². The molecule has 142 valence electrons. The molecule has 2 bridgehead atoms. The van der Waals surface area contributed by atoms with Gasteiger partial charge < -0.3 is 15.1 Å². The van der Waals surface area contributed by atoms with Gasteiger partial charge in [0.2, 0.25) is 11.8 Å². The Morgan fingerprint density at radius 1 is 1.00 bits per heavy atom. The number of hydrogen-bond donors (Lipinski definition) is 1. The molecule has 3 aliphatic heterocycles. The smallest absolute Gasteiger partial charge is 0.236 e. The third kappa shape index (κ3) is 4.73. The lowest BCUT2D eigenvalue weighted by Gasteiger charge is -2.36. The molecule has 0 aliphatic carbocycles. The molecule has 0 radical (unpaired) electrons. The predicted molar refractivity (Wildman–Crippen MR) is 98.2 cm³/mol. The third-order valence-electron chi connectivity index (χ3n) is 6.23. The Bertz CT molecular complexity index is 460. The topological polar surface area (TPSA) is 55.9 Å². The molecule has 0 aromatic rings. The summed E-state index contributed by atoms with van der Waals surface area (Å²) in [7, 11) is 0. The second-order valence-electron chi connectivity index (χ2n) is 7.90. The Morgan fingerprint density at radius 3 is 2.16 bits per heavy atom. The number of carbonyl (C=O) groups excluding carboxylic acids is 2. The summed E-state index contributed by atoms with van der Waals surface area (Å²) >= 11 is 0. The molecular formula is C19H34N4O2. The molecule has 6 heteroatoms. The van der Waals surface area contributed by atoms with E-state index in [0.29, 0.717) is 36.9 Å². The van der Waals surface area contributed by atoms with Crippen LogP contribution in [0.25, 0.3) is 0 Å². The highest BCUT2D eigenvalue weighted by molar-refractivity contribution is 5.78. The standard InChI is InChI=1S/C19H34N4O2/c1-3-22(4-2)19(25)14-21-7-9-23(10-8-21)18(24)13-15-11-16-5-6-17(12-15)20-16/h15-17,20H,3-14H2,1-2H3. The van der Waals surface area contributed by atoms with Gasteiger partial charge >= 0.3 is 0 Å². The van der Waals surface area contributed by atoms with Crippen molar-refractivity contribution < 1.29 is 9.59 Å². The maximum atomic E-state index is 12.6. The van der Waals surface area contributed by atoms with Crippen molar-refractivity contribution in [3.8, 4) is 0 Å². The molecule has 3 heterocycles. The lowest BCUT2D eigenvalue weighted by atomic mass is 9.89. The summed E-state index contributed by atoms with van der Waals surface area (Å²) in [6.45, 7) is 9.23. The van der Waals surface area contributed by atoms with E-state index >= 15 is 0 Å². The molecule has 0 spiro atoms. The van der Waals surface area contributed by atoms with Gasteiger partial charge in [0.15, 0.2) is 0 Å². The van der Waals surface area contributed by atoms with Crippen LogP contribution in [-0.4, -0.2) is 84.4 Å². The van der Waals surface area contributed by atoms with Crippen molar-refractivity contribution in [2.24, 2.45) is 5.92 Å². The van der Waals surface area contributed by atoms with Crippen LogP contribution in [0.5, 0.6) is 0 Å². The van der Waals surface area contributed by atoms with Crippen LogP contribution in [0.4, 0.5) is 0 Å².